The molecule has 1 rings (SSSR count). The molecule has 0 fully saturated rings. The molecule has 0 spiro atoms. The van der Waals surface area contributed by atoms with Gasteiger partial charge in [-0.3, -0.25) is 14.4 Å². The number of hydrogen-bond donors (Lipinski definition) is 2. The van der Waals surface area contributed by atoms with E-state index in [4.69, 9.17) is 15.9 Å². The third kappa shape index (κ3) is 10.2. The van der Waals surface area contributed by atoms with E-state index in [1.807, 2.05) is 6.07 Å². The minimum atomic E-state index is -1.23. The van der Waals surface area contributed by atoms with Crippen molar-refractivity contribution < 1.29 is 28.7 Å². The van der Waals surface area contributed by atoms with Gasteiger partial charge in [-0.25, -0.2) is 4.79 Å². The Morgan fingerprint density at radius 1 is 1.14 bits per heavy atom. The van der Waals surface area contributed by atoms with Crippen molar-refractivity contribution in [2.45, 2.75) is 65.6 Å². The van der Waals surface area contributed by atoms with Gasteiger partial charge in [0.25, 0.3) is 0 Å². The summed E-state index contributed by atoms with van der Waals surface area (Å²) in [5.74, 6) is 0.357. The van der Waals surface area contributed by atoms with E-state index >= 15 is 0 Å². The van der Waals surface area contributed by atoms with Crippen LogP contribution in [-0.2, 0) is 23.9 Å². The number of benzene rings is 1. The zero-order valence-electron chi connectivity index (χ0n) is 22.3. The average Bonchev–Trinajstić information content (AvgIpc) is 2.81. The second-order valence-electron chi connectivity index (χ2n) is 9.51. The standard InChI is InChI=1S/C27H36N4O6/c1-8-19-10-12-20(13-11-19)23(24(33)29-16-14-21(32)36-9-2)31(17-15-28)25(34)22(18(3)4)30-26(35)37-27(5,6)7/h1,10-13,18,22-23H,9,14,16-17H2,2-7H3,(H,29,33)(H,30,35). The molecule has 200 valence electrons. The summed E-state index contributed by atoms with van der Waals surface area (Å²) in [5, 5.41) is 14.7. The minimum absolute atomic E-state index is 0.0328. The van der Waals surface area contributed by atoms with E-state index in [2.05, 4.69) is 16.6 Å². The maximum absolute atomic E-state index is 13.7. The molecule has 3 amide bonds. The number of carbonyl (C=O) groups excluding carboxylic acids is 4. The summed E-state index contributed by atoms with van der Waals surface area (Å²) in [6.07, 6.45) is 4.57. The fourth-order valence-electron chi connectivity index (χ4n) is 3.35. The van der Waals surface area contributed by atoms with Gasteiger partial charge in [-0.05, 0) is 51.3 Å². The highest BCUT2D eigenvalue weighted by atomic mass is 16.6. The van der Waals surface area contributed by atoms with Gasteiger partial charge in [-0.15, -0.1) is 6.42 Å². The highest BCUT2D eigenvalue weighted by Crippen LogP contribution is 2.24. The van der Waals surface area contributed by atoms with E-state index in [1.165, 1.54) is 0 Å². The predicted octanol–water partition coefficient (Wildman–Crippen LogP) is 2.68. The number of hydrogen-bond acceptors (Lipinski definition) is 7. The maximum atomic E-state index is 13.7. The number of carbonyl (C=O) groups is 4. The first kappa shape index (κ1) is 31.0. The predicted molar refractivity (Wildman–Crippen MR) is 137 cm³/mol. The van der Waals surface area contributed by atoms with Crippen LogP contribution >= 0.6 is 0 Å². The Kier molecular flexibility index (Phi) is 12.1. The quantitative estimate of drug-likeness (QED) is 0.264. The molecule has 0 saturated heterocycles. The van der Waals surface area contributed by atoms with Crippen molar-refractivity contribution in [2.24, 2.45) is 5.92 Å². The molecule has 10 heteroatoms. The lowest BCUT2D eigenvalue weighted by molar-refractivity contribution is -0.144. The number of esters is 1. The molecule has 1 aromatic carbocycles. The fraction of sp³-hybridized carbons (Fsp3) is 0.519. The van der Waals surface area contributed by atoms with Gasteiger partial charge in [0.1, 0.15) is 24.2 Å². The van der Waals surface area contributed by atoms with Crippen molar-refractivity contribution in [3.8, 4) is 18.4 Å². The van der Waals surface area contributed by atoms with Gasteiger partial charge in [0, 0.05) is 12.1 Å². The van der Waals surface area contributed by atoms with Gasteiger partial charge in [-0.1, -0.05) is 31.9 Å². The normalized spacial score (nSPS) is 12.4. The SMILES string of the molecule is C#Cc1ccc(C(C(=O)NCCC(=O)OCC)N(CC#N)C(=O)C(NC(=O)OC(C)(C)C)C(C)C)cc1. The summed E-state index contributed by atoms with van der Waals surface area (Å²) in [4.78, 5) is 52.3. The van der Waals surface area contributed by atoms with E-state index in [1.54, 1.807) is 65.8 Å². The lowest BCUT2D eigenvalue weighted by Gasteiger charge is -2.34. The van der Waals surface area contributed by atoms with Gasteiger partial charge in [-0.2, -0.15) is 5.26 Å². The smallest absolute Gasteiger partial charge is 0.408 e. The molecule has 0 aliphatic rings. The van der Waals surface area contributed by atoms with Crippen LogP contribution in [0.25, 0.3) is 0 Å². The fourth-order valence-corrected chi connectivity index (χ4v) is 3.35. The molecular formula is C27H36N4O6. The van der Waals surface area contributed by atoms with Crippen LogP contribution in [0.15, 0.2) is 24.3 Å². The van der Waals surface area contributed by atoms with E-state index in [9.17, 15) is 24.4 Å². The summed E-state index contributed by atoms with van der Waals surface area (Å²) in [6.45, 7) is 9.93. The van der Waals surface area contributed by atoms with Crippen LogP contribution in [0.2, 0.25) is 0 Å². The van der Waals surface area contributed by atoms with E-state index in [0.29, 0.717) is 11.1 Å². The first-order chi connectivity index (χ1) is 17.3. The number of nitriles is 1. The zero-order valence-corrected chi connectivity index (χ0v) is 22.3. The number of ether oxygens (including phenoxy) is 2. The number of terminal acetylenes is 1. The van der Waals surface area contributed by atoms with Crippen LogP contribution in [-0.4, -0.2) is 60.1 Å². The third-order valence-electron chi connectivity index (χ3n) is 5.02. The van der Waals surface area contributed by atoms with E-state index < -0.39 is 54.0 Å². The Bertz CT molecular complexity index is 1030. The number of amides is 3. The highest BCUT2D eigenvalue weighted by Gasteiger charge is 2.37. The summed E-state index contributed by atoms with van der Waals surface area (Å²) in [5.41, 5.74) is 0.173. The Morgan fingerprint density at radius 3 is 2.24 bits per heavy atom. The van der Waals surface area contributed by atoms with Crippen molar-refractivity contribution in [3.05, 3.63) is 35.4 Å². The molecule has 0 aromatic heterocycles. The first-order valence-electron chi connectivity index (χ1n) is 12.0. The van der Waals surface area contributed by atoms with Crippen LogP contribution in [0, 0.1) is 29.6 Å². The molecule has 0 aliphatic heterocycles. The molecule has 37 heavy (non-hydrogen) atoms. The summed E-state index contributed by atoms with van der Waals surface area (Å²) in [6, 6.07) is 6.02. The molecular weight excluding hydrogens is 476 g/mol. The number of rotatable bonds is 11. The van der Waals surface area contributed by atoms with Gasteiger partial charge in [0.05, 0.1) is 19.1 Å². The van der Waals surface area contributed by atoms with Crippen LogP contribution in [0.3, 0.4) is 0 Å². The van der Waals surface area contributed by atoms with Crippen LogP contribution in [0.5, 0.6) is 0 Å². The van der Waals surface area contributed by atoms with Gasteiger partial charge >= 0.3 is 12.1 Å². The molecule has 1 aromatic rings. The summed E-state index contributed by atoms with van der Waals surface area (Å²) in [7, 11) is 0. The second-order valence-corrected chi connectivity index (χ2v) is 9.51. The molecule has 0 bridgehead atoms. The third-order valence-corrected chi connectivity index (χ3v) is 5.02. The molecule has 0 heterocycles. The highest BCUT2D eigenvalue weighted by molar-refractivity contribution is 5.92. The Labute approximate surface area is 218 Å². The monoisotopic (exact) mass is 512 g/mol. The van der Waals surface area contributed by atoms with E-state index in [0.717, 1.165) is 4.90 Å². The van der Waals surface area contributed by atoms with Crippen molar-refractivity contribution in [1.82, 2.24) is 15.5 Å². The lowest BCUT2D eigenvalue weighted by atomic mass is 9.98. The number of alkyl carbamates (subject to hydrolysis) is 1. The Morgan fingerprint density at radius 2 is 1.76 bits per heavy atom. The summed E-state index contributed by atoms with van der Waals surface area (Å²) >= 11 is 0. The van der Waals surface area contributed by atoms with Crippen molar-refractivity contribution in [2.75, 3.05) is 19.7 Å². The molecule has 0 aliphatic carbocycles. The molecule has 10 nitrogen and oxygen atoms in total. The van der Waals surface area contributed by atoms with Crippen LogP contribution in [0.4, 0.5) is 4.79 Å². The van der Waals surface area contributed by atoms with Crippen molar-refractivity contribution in [3.63, 3.8) is 0 Å². The summed E-state index contributed by atoms with van der Waals surface area (Å²) < 4.78 is 10.2. The molecule has 0 radical (unpaired) electrons. The van der Waals surface area contributed by atoms with Crippen molar-refractivity contribution >= 4 is 23.9 Å². The molecule has 0 saturated carbocycles. The van der Waals surface area contributed by atoms with E-state index in [-0.39, 0.29) is 19.6 Å². The van der Waals surface area contributed by atoms with Crippen LogP contribution < -0.4 is 10.6 Å². The number of nitrogens with one attached hydrogen (secondary N) is 2. The minimum Gasteiger partial charge on any atom is -0.466 e. The van der Waals surface area contributed by atoms with Crippen molar-refractivity contribution in [1.29, 1.82) is 5.26 Å². The largest absolute Gasteiger partial charge is 0.466 e. The second kappa shape index (κ2) is 14.5. The first-order valence-corrected chi connectivity index (χ1v) is 12.0. The van der Waals surface area contributed by atoms with Gasteiger partial charge < -0.3 is 25.0 Å². The zero-order chi connectivity index (χ0) is 28.2. The van der Waals surface area contributed by atoms with Gasteiger partial charge in [0.2, 0.25) is 11.8 Å². The molecule has 2 N–H and O–H groups in total. The Balaban J connectivity index is 3.36. The van der Waals surface area contributed by atoms with Crippen LogP contribution in [0.1, 0.15) is 65.1 Å². The average molecular weight is 513 g/mol. The lowest BCUT2D eigenvalue weighted by Crippen LogP contribution is -2.55. The Hall–Kier alpha value is -4.05. The topological polar surface area (TPSA) is 138 Å². The maximum Gasteiger partial charge on any atom is 0.408 e. The molecule has 2 unspecified atom stereocenters. The number of nitrogens with zero attached hydrogens (tertiary/aromatic N) is 2. The van der Waals surface area contributed by atoms with Gasteiger partial charge in [0.15, 0.2) is 0 Å². The molecule has 2 atom stereocenters.